The molecule has 4 nitrogen and oxygen atoms in total. The Morgan fingerprint density at radius 1 is 1.30 bits per heavy atom. The van der Waals surface area contributed by atoms with Crippen LogP contribution in [0, 0.1) is 0 Å². The second-order valence-electron chi connectivity index (χ2n) is 4.67. The maximum absolute atomic E-state index is 12.4. The largest absolute Gasteiger partial charge is 0.322 e. The minimum Gasteiger partial charge on any atom is -0.322 e. The first kappa shape index (κ1) is 13.1. The van der Waals surface area contributed by atoms with E-state index in [1.807, 2.05) is 18.2 Å². The first-order valence-corrected chi connectivity index (χ1v) is 6.86. The molecule has 20 heavy (non-hydrogen) atoms. The summed E-state index contributed by atoms with van der Waals surface area (Å²) >= 11 is 5.96. The quantitative estimate of drug-likeness (QED) is 0.835. The van der Waals surface area contributed by atoms with Gasteiger partial charge in [-0.15, -0.1) is 0 Å². The van der Waals surface area contributed by atoms with Crippen molar-refractivity contribution in [3.8, 4) is 0 Å². The fourth-order valence-corrected chi connectivity index (χ4v) is 2.59. The number of aromatic nitrogens is 1. The van der Waals surface area contributed by atoms with Gasteiger partial charge in [-0.1, -0.05) is 35.9 Å². The minimum atomic E-state index is -0.351. The van der Waals surface area contributed by atoms with E-state index in [0.29, 0.717) is 10.8 Å². The highest BCUT2D eigenvalue weighted by atomic mass is 35.5. The Morgan fingerprint density at radius 2 is 2.15 bits per heavy atom. The van der Waals surface area contributed by atoms with Crippen LogP contribution in [0.25, 0.3) is 0 Å². The molecular formula is C15H14ClN3O. The highest BCUT2D eigenvalue weighted by molar-refractivity contribution is 6.32. The molecule has 0 bridgehead atoms. The van der Waals surface area contributed by atoms with Crippen molar-refractivity contribution in [2.45, 2.75) is 12.5 Å². The molecule has 0 fully saturated rings. The Bertz CT molecular complexity index is 645. The van der Waals surface area contributed by atoms with Crippen LogP contribution in [0.2, 0.25) is 5.15 Å². The minimum absolute atomic E-state index is 0.118. The van der Waals surface area contributed by atoms with E-state index < -0.39 is 0 Å². The Hall–Kier alpha value is -1.91. The molecule has 1 atom stereocenters. The monoisotopic (exact) mass is 287 g/mol. The molecule has 2 heterocycles. The van der Waals surface area contributed by atoms with Gasteiger partial charge in [0.25, 0.3) is 0 Å². The second-order valence-corrected chi connectivity index (χ2v) is 5.02. The summed E-state index contributed by atoms with van der Waals surface area (Å²) in [5.41, 5.74) is 2.77. The van der Waals surface area contributed by atoms with Gasteiger partial charge in [-0.2, -0.15) is 0 Å². The fourth-order valence-electron chi connectivity index (χ4n) is 2.42. The van der Waals surface area contributed by atoms with Gasteiger partial charge in [0.1, 0.15) is 6.04 Å². The fraction of sp³-hybridized carbons (Fsp3) is 0.200. The van der Waals surface area contributed by atoms with Crippen LogP contribution in [0.15, 0.2) is 42.6 Å². The van der Waals surface area contributed by atoms with E-state index in [2.05, 4.69) is 21.7 Å². The number of hydrogen-bond acceptors (Lipinski definition) is 3. The maximum atomic E-state index is 12.4. The molecule has 5 heteroatoms. The van der Waals surface area contributed by atoms with Gasteiger partial charge in [-0.3, -0.25) is 4.79 Å². The van der Waals surface area contributed by atoms with Crippen molar-refractivity contribution in [3.05, 3.63) is 58.9 Å². The number of halogens is 1. The molecule has 1 aromatic carbocycles. The van der Waals surface area contributed by atoms with Crippen molar-refractivity contribution in [1.82, 2.24) is 10.3 Å². The second kappa shape index (κ2) is 5.61. The number of nitrogens with one attached hydrogen (secondary N) is 2. The van der Waals surface area contributed by atoms with Crippen LogP contribution in [-0.4, -0.2) is 17.4 Å². The Balaban J connectivity index is 1.84. The molecule has 0 aliphatic carbocycles. The average molecular weight is 288 g/mol. The summed E-state index contributed by atoms with van der Waals surface area (Å²) in [5, 5.41) is 6.36. The van der Waals surface area contributed by atoms with Crippen LogP contribution in [0.1, 0.15) is 17.2 Å². The lowest BCUT2D eigenvalue weighted by molar-refractivity contribution is -0.118. The molecule has 2 aromatic rings. The van der Waals surface area contributed by atoms with Gasteiger partial charge in [-0.05, 0) is 29.7 Å². The Morgan fingerprint density at radius 3 is 3.00 bits per heavy atom. The summed E-state index contributed by atoms with van der Waals surface area (Å²) in [7, 11) is 0. The van der Waals surface area contributed by atoms with Crippen molar-refractivity contribution in [2.24, 2.45) is 0 Å². The van der Waals surface area contributed by atoms with Crippen molar-refractivity contribution >= 4 is 23.2 Å². The number of fused-ring (bicyclic) bond motifs is 1. The van der Waals surface area contributed by atoms with Gasteiger partial charge in [0.2, 0.25) is 5.91 Å². The Kier molecular flexibility index (Phi) is 3.67. The number of pyridine rings is 1. The first-order chi connectivity index (χ1) is 9.75. The van der Waals surface area contributed by atoms with Crippen LogP contribution in [0.5, 0.6) is 0 Å². The van der Waals surface area contributed by atoms with Gasteiger partial charge in [-0.25, -0.2) is 4.98 Å². The molecule has 1 aliphatic rings. The highest BCUT2D eigenvalue weighted by Crippen LogP contribution is 2.25. The van der Waals surface area contributed by atoms with E-state index in [1.54, 1.807) is 18.3 Å². The van der Waals surface area contributed by atoms with Gasteiger partial charge < -0.3 is 10.6 Å². The summed E-state index contributed by atoms with van der Waals surface area (Å²) < 4.78 is 0. The molecule has 1 unspecified atom stereocenters. The lowest BCUT2D eigenvalue weighted by Crippen LogP contribution is -2.38. The van der Waals surface area contributed by atoms with E-state index >= 15 is 0 Å². The molecule has 3 rings (SSSR count). The molecule has 102 valence electrons. The molecule has 0 spiro atoms. The Labute approximate surface area is 122 Å². The van der Waals surface area contributed by atoms with Gasteiger partial charge in [0.15, 0.2) is 5.15 Å². The van der Waals surface area contributed by atoms with Crippen molar-refractivity contribution in [3.63, 3.8) is 0 Å². The predicted molar refractivity (Wildman–Crippen MR) is 78.8 cm³/mol. The molecular weight excluding hydrogens is 274 g/mol. The number of nitrogens with zero attached hydrogens (tertiary/aromatic N) is 1. The third kappa shape index (κ3) is 2.53. The van der Waals surface area contributed by atoms with E-state index in [9.17, 15) is 4.79 Å². The maximum Gasteiger partial charge on any atom is 0.246 e. The van der Waals surface area contributed by atoms with Crippen LogP contribution in [0.3, 0.4) is 0 Å². The zero-order valence-electron chi connectivity index (χ0n) is 10.8. The third-order valence-corrected chi connectivity index (χ3v) is 3.69. The predicted octanol–water partition coefficient (Wildman–Crippen LogP) is 2.56. The van der Waals surface area contributed by atoms with E-state index in [-0.39, 0.29) is 11.9 Å². The van der Waals surface area contributed by atoms with Crippen molar-refractivity contribution < 1.29 is 4.79 Å². The molecule has 0 saturated heterocycles. The molecule has 0 radical (unpaired) electrons. The number of carbonyl (C=O) groups is 1. The number of benzene rings is 1. The average Bonchev–Trinajstić information content (AvgIpc) is 2.49. The summed E-state index contributed by atoms with van der Waals surface area (Å²) in [6, 6.07) is 11.1. The molecule has 1 aliphatic heterocycles. The number of rotatable bonds is 2. The molecule has 1 amide bonds. The molecule has 1 aromatic heterocycles. The van der Waals surface area contributed by atoms with Gasteiger partial charge in [0, 0.05) is 12.7 Å². The SMILES string of the molecule is O=C(Nc1cccnc1Cl)C1NCCc2ccccc21. The summed E-state index contributed by atoms with van der Waals surface area (Å²) in [6.45, 7) is 0.788. The standard InChI is InChI=1S/C15H14ClN3O/c16-14-12(6-3-8-18-14)19-15(20)13-11-5-2-1-4-10(11)7-9-17-13/h1-6,8,13,17H,7,9H2,(H,19,20). The zero-order valence-corrected chi connectivity index (χ0v) is 11.5. The van der Waals surface area contributed by atoms with Crippen LogP contribution < -0.4 is 10.6 Å². The van der Waals surface area contributed by atoms with E-state index in [0.717, 1.165) is 18.5 Å². The topological polar surface area (TPSA) is 54.0 Å². The summed E-state index contributed by atoms with van der Waals surface area (Å²) in [5.74, 6) is -0.118. The number of carbonyl (C=O) groups excluding carboxylic acids is 1. The summed E-state index contributed by atoms with van der Waals surface area (Å²) in [6.07, 6.45) is 2.53. The first-order valence-electron chi connectivity index (χ1n) is 6.48. The van der Waals surface area contributed by atoms with E-state index in [4.69, 9.17) is 11.6 Å². The van der Waals surface area contributed by atoms with Crippen molar-refractivity contribution in [1.29, 1.82) is 0 Å². The van der Waals surface area contributed by atoms with Crippen molar-refractivity contribution in [2.75, 3.05) is 11.9 Å². The van der Waals surface area contributed by atoms with Gasteiger partial charge in [0.05, 0.1) is 5.69 Å². The number of hydrogen-bond donors (Lipinski definition) is 2. The third-order valence-electron chi connectivity index (χ3n) is 3.39. The van der Waals surface area contributed by atoms with Crippen LogP contribution >= 0.6 is 11.6 Å². The van der Waals surface area contributed by atoms with Crippen LogP contribution in [-0.2, 0) is 11.2 Å². The van der Waals surface area contributed by atoms with Gasteiger partial charge >= 0.3 is 0 Å². The van der Waals surface area contributed by atoms with E-state index in [1.165, 1.54) is 5.56 Å². The lowest BCUT2D eigenvalue weighted by Gasteiger charge is -2.26. The lowest BCUT2D eigenvalue weighted by atomic mass is 9.94. The zero-order chi connectivity index (χ0) is 13.9. The smallest absolute Gasteiger partial charge is 0.246 e. The number of amides is 1. The van der Waals surface area contributed by atoms with Crippen LogP contribution in [0.4, 0.5) is 5.69 Å². The summed E-state index contributed by atoms with van der Waals surface area (Å²) in [4.78, 5) is 16.4. The molecule has 0 saturated carbocycles. The number of anilines is 1. The normalized spacial score (nSPS) is 17.4. The molecule has 2 N–H and O–H groups in total. The highest BCUT2D eigenvalue weighted by Gasteiger charge is 2.26.